The number of β-lactam (4-membered cyclic amide) rings is 1. The zero-order chi connectivity index (χ0) is 30.1. The van der Waals surface area contributed by atoms with E-state index in [0.29, 0.717) is 12.2 Å². The lowest BCUT2D eigenvalue weighted by molar-refractivity contribution is -0.267. The molecule has 4 N–H and O–H groups in total. The molecule has 2 aliphatic heterocycles. The van der Waals surface area contributed by atoms with Gasteiger partial charge in [-0.2, -0.15) is 4.89 Å². The highest BCUT2D eigenvalue weighted by atomic mass is 32.2. The molecule has 0 aromatic carbocycles. The van der Waals surface area contributed by atoms with Gasteiger partial charge in [0.05, 0.1) is 12.9 Å². The van der Waals surface area contributed by atoms with E-state index < -0.39 is 35.2 Å². The Hall–Kier alpha value is -3.87. The molecule has 0 spiro atoms. The Morgan fingerprint density at radius 3 is 2.66 bits per heavy atom. The van der Waals surface area contributed by atoms with Crippen LogP contribution in [0.2, 0.25) is 0 Å². The first-order chi connectivity index (χ1) is 19.6. The zero-order valence-electron chi connectivity index (χ0n) is 21.9. The van der Waals surface area contributed by atoms with Crippen LogP contribution in [-0.2, 0) is 33.8 Å². The number of carbonyl (C=O) groups excluding carboxylic acids is 4. The van der Waals surface area contributed by atoms with Crippen LogP contribution < -0.4 is 11.1 Å². The molecule has 220 valence electrons. The number of rotatable bonds is 10. The van der Waals surface area contributed by atoms with Gasteiger partial charge in [-0.3, -0.25) is 24.2 Å². The highest BCUT2D eigenvalue weighted by Crippen LogP contribution is 2.41. The summed E-state index contributed by atoms with van der Waals surface area (Å²) in [5, 5.41) is 16.8. The van der Waals surface area contributed by atoms with E-state index >= 15 is 0 Å². The van der Waals surface area contributed by atoms with E-state index in [9.17, 15) is 29.1 Å². The lowest BCUT2D eigenvalue weighted by atomic mass is 10.0. The number of hydrogen-bond acceptors (Lipinski definition) is 15. The Morgan fingerprint density at radius 2 is 2.12 bits per heavy atom. The van der Waals surface area contributed by atoms with E-state index in [0.717, 1.165) is 28.0 Å². The molecular weight excluding hydrogens is 602 g/mol. The van der Waals surface area contributed by atoms with Crippen LogP contribution >= 0.6 is 34.9 Å². The molecule has 18 heteroatoms. The molecule has 0 bridgehead atoms. The smallest absolute Gasteiger partial charge is 0.352 e. The van der Waals surface area contributed by atoms with Crippen molar-refractivity contribution in [3.05, 3.63) is 46.5 Å². The monoisotopic (exact) mass is 627 g/mol. The number of furan rings is 1. The highest BCUT2D eigenvalue weighted by molar-refractivity contribution is 8.14. The number of thiazole rings is 1. The summed E-state index contributed by atoms with van der Waals surface area (Å²) < 4.78 is 5.05. The maximum absolute atomic E-state index is 12.8. The van der Waals surface area contributed by atoms with E-state index in [1.165, 1.54) is 43.5 Å². The fraction of sp³-hybridized carbons (Fsp3) is 0.348. The number of nitrogens with zero attached hydrogens (tertiary/aromatic N) is 3. The highest BCUT2D eigenvalue weighted by Gasteiger charge is 2.54. The lowest BCUT2D eigenvalue weighted by Crippen LogP contribution is -2.71. The number of oxime groups is 1. The number of carbonyl (C=O) groups is 5. The van der Waals surface area contributed by atoms with Gasteiger partial charge in [-0.15, -0.1) is 23.1 Å². The molecule has 4 rings (SSSR count). The minimum atomic E-state index is -1.29. The van der Waals surface area contributed by atoms with Crippen LogP contribution in [0.15, 0.2) is 44.6 Å². The second-order valence-corrected chi connectivity index (χ2v) is 10.8. The molecule has 1 saturated heterocycles. The molecule has 0 saturated carbocycles. The van der Waals surface area contributed by atoms with Crippen LogP contribution in [0.25, 0.3) is 0 Å². The Morgan fingerprint density at radius 1 is 1.37 bits per heavy atom. The van der Waals surface area contributed by atoms with Crippen molar-refractivity contribution in [1.29, 1.82) is 0 Å². The first-order valence-corrected chi connectivity index (χ1v) is 14.5. The second kappa shape index (κ2) is 14.7. The summed E-state index contributed by atoms with van der Waals surface area (Å²) in [4.78, 5) is 77.8. The molecule has 2 atom stereocenters. The number of nitrogens with two attached hydrogens (primary N) is 1. The van der Waals surface area contributed by atoms with Crippen LogP contribution in [0.3, 0.4) is 0 Å². The Labute approximate surface area is 245 Å². The molecule has 1 fully saturated rings. The van der Waals surface area contributed by atoms with Gasteiger partial charge >= 0.3 is 11.9 Å². The van der Waals surface area contributed by atoms with Crippen molar-refractivity contribution in [1.82, 2.24) is 15.2 Å². The van der Waals surface area contributed by atoms with Crippen LogP contribution in [-0.4, -0.2) is 86.2 Å². The van der Waals surface area contributed by atoms with Gasteiger partial charge in [-0.05, 0) is 24.6 Å². The van der Waals surface area contributed by atoms with Gasteiger partial charge in [-0.25, -0.2) is 14.6 Å². The summed E-state index contributed by atoms with van der Waals surface area (Å²) in [7, 11) is 1.26. The first-order valence-electron chi connectivity index (χ1n) is 11.6. The number of hydrogen-bond donors (Lipinski definition) is 3. The van der Waals surface area contributed by atoms with Crippen molar-refractivity contribution < 1.29 is 48.1 Å². The summed E-state index contributed by atoms with van der Waals surface area (Å²) in [5.41, 5.74) is 5.89. The summed E-state index contributed by atoms with van der Waals surface area (Å²) >= 11 is 3.29. The first kappa shape index (κ1) is 31.7. The third kappa shape index (κ3) is 7.87. The number of nitrogens with one attached hydrogen (secondary N) is 1. The molecule has 41 heavy (non-hydrogen) atoms. The van der Waals surface area contributed by atoms with Crippen LogP contribution in [0.4, 0.5) is 5.13 Å². The molecule has 0 unspecified atom stereocenters. The van der Waals surface area contributed by atoms with Crippen molar-refractivity contribution in [3.8, 4) is 0 Å². The van der Waals surface area contributed by atoms with Crippen LogP contribution in [0.5, 0.6) is 0 Å². The van der Waals surface area contributed by atoms with Gasteiger partial charge in [0.1, 0.15) is 29.9 Å². The third-order valence-electron chi connectivity index (χ3n) is 5.09. The van der Waals surface area contributed by atoms with Crippen molar-refractivity contribution in [2.24, 2.45) is 5.16 Å². The molecule has 4 heterocycles. The number of carboxylic acids is 1. The average Bonchev–Trinajstić information content (AvgIpc) is 3.64. The van der Waals surface area contributed by atoms with Gasteiger partial charge in [0.15, 0.2) is 16.6 Å². The molecule has 2 aromatic rings. The van der Waals surface area contributed by atoms with Crippen molar-refractivity contribution >= 4 is 74.6 Å². The minimum absolute atomic E-state index is 0.0809. The Balaban J connectivity index is 0.000000587. The standard InChI is InChI=1S/C19H17N5O7S3.C4H8O3/c1-30-23-11(9-7-34-19(20)21-9)14(25)22-12-15(26)24-13(17(27)28)8(5-32-16(12)24)6-33-18(29)10-3-2-4-31-10;1-3-6-7-4(2)5/h2-4,7,12,16H,5-6H2,1H3,(H2,20,21)(H,22,25)(H,27,28);3H2,1-2H3/b23-11-;/t12-,16-;/m1./s1. The largest absolute Gasteiger partial charge is 0.477 e. The molecule has 2 aromatic heterocycles. The molecule has 2 aliphatic rings. The maximum Gasteiger partial charge on any atom is 0.352 e. The van der Waals surface area contributed by atoms with E-state index in [1.54, 1.807) is 13.0 Å². The summed E-state index contributed by atoms with van der Waals surface area (Å²) in [6, 6.07) is 2.13. The second-order valence-electron chi connectivity index (χ2n) is 7.85. The number of aromatic nitrogens is 1. The average molecular weight is 628 g/mol. The summed E-state index contributed by atoms with van der Waals surface area (Å²) in [5.74, 6) is -2.50. The topological polar surface area (TPSA) is 213 Å². The Bertz CT molecular complexity index is 1360. The fourth-order valence-electron chi connectivity index (χ4n) is 3.46. The molecule has 15 nitrogen and oxygen atoms in total. The number of carboxylic acid groups (broad SMARTS) is 1. The number of amides is 2. The van der Waals surface area contributed by atoms with E-state index in [-0.39, 0.29) is 44.6 Å². The molecule has 2 amide bonds. The molecule has 0 aliphatic carbocycles. The quantitative estimate of drug-likeness (QED) is 0.147. The van der Waals surface area contributed by atoms with Crippen molar-refractivity contribution in [3.63, 3.8) is 0 Å². The molecular formula is C23H25N5O10S3. The van der Waals surface area contributed by atoms with Gasteiger partial charge in [0.2, 0.25) is 0 Å². The lowest BCUT2D eigenvalue weighted by Gasteiger charge is -2.49. The van der Waals surface area contributed by atoms with Crippen LogP contribution in [0, 0.1) is 0 Å². The molecule has 0 radical (unpaired) electrons. The summed E-state index contributed by atoms with van der Waals surface area (Å²) in [6.45, 7) is 3.43. The van der Waals surface area contributed by atoms with Gasteiger partial charge < -0.3 is 25.4 Å². The number of anilines is 1. The van der Waals surface area contributed by atoms with E-state index in [1.807, 2.05) is 0 Å². The predicted octanol–water partition coefficient (Wildman–Crippen LogP) is 1.48. The van der Waals surface area contributed by atoms with Gasteiger partial charge in [-0.1, -0.05) is 16.9 Å². The number of aliphatic carboxylic acids is 1. The third-order valence-corrected chi connectivity index (χ3v) is 8.06. The van der Waals surface area contributed by atoms with E-state index in [4.69, 9.17) is 15.0 Å². The fourth-order valence-corrected chi connectivity index (χ4v) is 6.28. The van der Waals surface area contributed by atoms with E-state index in [2.05, 4.69) is 25.2 Å². The number of nitrogen functional groups attached to an aromatic ring is 1. The summed E-state index contributed by atoms with van der Waals surface area (Å²) in [6.07, 6.45) is 1.37. The number of fused-ring (bicyclic) bond motifs is 1. The van der Waals surface area contributed by atoms with Gasteiger partial charge in [0, 0.05) is 23.8 Å². The minimum Gasteiger partial charge on any atom is -0.477 e. The SMILES string of the molecule is CCOOC(C)=O.CO/N=C(\C(=O)N[C@@H]1C(=O)N2C(C(=O)O)=C(CSC(=O)c3ccco3)CS[C@H]12)c1csc(N)n1. The Kier molecular flexibility index (Phi) is 11.3. The maximum atomic E-state index is 12.8. The van der Waals surface area contributed by atoms with Gasteiger partial charge in [0.25, 0.3) is 16.9 Å². The zero-order valence-corrected chi connectivity index (χ0v) is 24.3. The number of thioether (sulfide) groups is 2. The van der Waals surface area contributed by atoms with Crippen LogP contribution in [0.1, 0.15) is 30.1 Å². The normalized spacial score (nSPS) is 18.0. The van der Waals surface area contributed by atoms with Crippen molar-refractivity contribution in [2.75, 3.05) is 31.0 Å². The predicted molar refractivity (Wildman–Crippen MR) is 149 cm³/mol. The van der Waals surface area contributed by atoms with Crippen molar-refractivity contribution in [2.45, 2.75) is 25.3 Å².